The summed E-state index contributed by atoms with van der Waals surface area (Å²) in [6.45, 7) is 5.28. The van der Waals surface area contributed by atoms with Crippen LogP contribution in [0.1, 0.15) is 19.8 Å². The van der Waals surface area contributed by atoms with Gasteiger partial charge in [-0.05, 0) is 56.2 Å². The number of hydrogen-bond donors (Lipinski definition) is 0. The third kappa shape index (κ3) is 5.10. The molecule has 1 saturated heterocycles. The Kier molecular flexibility index (Phi) is 5.82. The fourth-order valence-corrected chi connectivity index (χ4v) is 3.11. The SMILES string of the molecule is CC1(Oc2ccc(Cl)cc2)CCN(CCOc2ccccc2F)CC1. The van der Waals surface area contributed by atoms with Gasteiger partial charge in [0.1, 0.15) is 18.0 Å². The van der Waals surface area contributed by atoms with Gasteiger partial charge in [0.15, 0.2) is 11.6 Å². The van der Waals surface area contributed by atoms with E-state index in [0.29, 0.717) is 17.4 Å². The minimum atomic E-state index is -0.315. The maximum Gasteiger partial charge on any atom is 0.165 e. The summed E-state index contributed by atoms with van der Waals surface area (Å²) in [6, 6.07) is 14.0. The quantitative estimate of drug-likeness (QED) is 0.736. The minimum Gasteiger partial charge on any atom is -0.489 e. The maximum absolute atomic E-state index is 13.5. The fraction of sp³-hybridized carbons (Fsp3) is 0.400. The number of benzene rings is 2. The van der Waals surface area contributed by atoms with Gasteiger partial charge in [-0.3, -0.25) is 4.90 Å². The summed E-state index contributed by atoms with van der Waals surface area (Å²) in [5.41, 5.74) is -0.170. The molecule has 0 amide bonds. The Morgan fingerprint density at radius 3 is 2.44 bits per heavy atom. The van der Waals surface area contributed by atoms with Crippen LogP contribution in [0.15, 0.2) is 48.5 Å². The van der Waals surface area contributed by atoms with Crippen LogP contribution in [0, 0.1) is 5.82 Å². The smallest absolute Gasteiger partial charge is 0.165 e. The van der Waals surface area contributed by atoms with Gasteiger partial charge in [0.2, 0.25) is 0 Å². The molecule has 0 aliphatic carbocycles. The Morgan fingerprint density at radius 1 is 1.08 bits per heavy atom. The molecule has 0 saturated carbocycles. The Bertz CT molecular complexity index is 684. The number of para-hydroxylation sites is 1. The molecule has 0 spiro atoms. The molecule has 0 unspecified atom stereocenters. The van der Waals surface area contributed by atoms with Crippen LogP contribution >= 0.6 is 11.6 Å². The van der Waals surface area contributed by atoms with E-state index in [2.05, 4.69) is 11.8 Å². The van der Waals surface area contributed by atoms with E-state index in [1.54, 1.807) is 18.2 Å². The highest BCUT2D eigenvalue weighted by Crippen LogP contribution is 2.29. The highest BCUT2D eigenvalue weighted by Gasteiger charge is 2.31. The van der Waals surface area contributed by atoms with E-state index in [9.17, 15) is 4.39 Å². The second-order valence-electron chi connectivity index (χ2n) is 6.63. The molecule has 25 heavy (non-hydrogen) atoms. The van der Waals surface area contributed by atoms with Crippen LogP contribution in [0.3, 0.4) is 0 Å². The van der Waals surface area contributed by atoms with Crippen LogP contribution < -0.4 is 9.47 Å². The standard InChI is InChI=1S/C20H23ClFNO2/c1-20(25-17-8-6-16(21)7-9-17)10-12-23(13-11-20)14-15-24-19-5-3-2-4-18(19)22/h2-9H,10-15H2,1H3. The molecule has 3 rings (SSSR count). The lowest BCUT2D eigenvalue weighted by Gasteiger charge is -2.39. The molecule has 2 aromatic carbocycles. The number of hydrogen-bond acceptors (Lipinski definition) is 3. The van der Waals surface area contributed by atoms with E-state index in [1.165, 1.54) is 6.07 Å². The third-order valence-corrected chi connectivity index (χ3v) is 4.85. The largest absolute Gasteiger partial charge is 0.489 e. The summed E-state index contributed by atoms with van der Waals surface area (Å²) in [5, 5.41) is 0.710. The monoisotopic (exact) mass is 363 g/mol. The zero-order valence-electron chi connectivity index (χ0n) is 14.4. The lowest BCUT2D eigenvalue weighted by molar-refractivity contribution is 0.0134. The van der Waals surface area contributed by atoms with E-state index in [0.717, 1.165) is 38.2 Å². The lowest BCUT2D eigenvalue weighted by Crippen LogP contribution is -2.47. The van der Waals surface area contributed by atoms with Crippen molar-refractivity contribution in [3.05, 3.63) is 59.4 Å². The van der Waals surface area contributed by atoms with Crippen LogP contribution in [0.5, 0.6) is 11.5 Å². The van der Waals surface area contributed by atoms with Gasteiger partial charge in [-0.2, -0.15) is 0 Å². The summed E-state index contributed by atoms with van der Waals surface area (Å²) in [4.78, 5) is 2.33. The summed E-state index contributed by atoms with van der Waals surface area (Å²) in [6.07, 6.45) is 1.88. The predicted octanol–water partition coefficient (Wildman–Crippen LogP) is 4.79. The molecule has 2 aromatic rings. The van der Waals surface area contributed by atoms with Crippen molar-refractivity contribution in [3.63, 3.8) is 0 Å². The van der Waals surface area contributed by atoms with Crippen LogP contribution in [-0.4, -0.2) is 36.7 Å². The molecular weight excluding hydrogens is 341 g/mol. The maximum atomic E-state index is 13.5. The number of nitrogens with zero attached hydrogens (tertiary/aromatic N) is 1. The van der Waals surface area contributed by atoms with Gasteiger partial charge in [-0.1, -0.05) is 23.7 Å². The van der Waals surface area contributed by atoms with Gasteiger partial charge >= 0.3 is 0 Å². The van der Waals surface area contributed by atoms with Crippen molar-refractivity contribution >= 4 is 11.6 Å². The number of halogens is 2. The molecule has 1 aliphatic rings. The lowest BCUT2D eigenvalue weighted by atomic mass is 9.93. The first-order valence-corrected chi connectivity index (χ1v) is 8.96. The zero-order chi connectivity index (χ0) is 17.7. The summed E-state index contributed by atoms with van der Waals surface area (Å²) in [5.74, 6) is 0.851. The van der Waals surface area contributed by atoms with Gasteiger partial charge in [-0.15, -0.1) is 0 Å². The van der Waals surface area contributed by atoms with Crippen LogP contribution in [0.2, 0.25) is 5.02 Å². The molecule has 134 valence electrons. The second kappa shape index (κ2) is 8.07. The van der Waals surface area contributed by atoms with Crippen LogP contribution in [-0.2, 0) is 0 Å². The van der Waals surface area contributed by atoms with Crippen molar-refractivity contribution < 1.29 is 13.9 Å². The first-order valence-electron chi connectivity index (χ1n) is 8.58. The summed E-state index contributed by atoms with van der Waals surface area (Å²) >= 11 is 5.91. The number of piperidine rings is 1. The van der Waals surface area contributed by atoms with Crippen molar-refractivity contribution in [3.8, 4) is 11.5 Å². The van der Waals surface area contributed by atoms with Crippen molar-refractivity contribution in [1.29, 1.82) is 0 Å². The molecular formula is C20H23ClFNO2. The van der Waals surface area contributed by atoms with Gasteiger partial charge in [0, 0.05) is 24.7 Å². The Hall–Kier alpha value is -1.78. The molecule has 0 bridgehead atoms. The third-order valence-electron chi connectivity index (χ3n) is 4.59. The molecule has 1 fully saturated rings. The first-order chi connectivity index (χ1) is 12.0. The van der Waals surface area contributed by atoms with E-state index in [4.69, 9.17) is 21.1 Å². The molecule has 1 aliphatic heterocycles. The zero-order valence-corrected chi connectivity index (χ0v) is 15.1. The minimum absolute atomic E-state index is 0.170. The molecule has 0 radical (unpaired) electrons. The number of rotatable bonds is 6. The van der Waals surface area contributed by atoms with E-state index in [1.807, 2.05) is 24.3 Å². The Balaban J connectivity index is 1.43. The Labute approximate surface area is 153 Å². The van der Waals surface area contributed by atoms with Crippen LogP contribution in [0.4, 0.5) is 4.39 Å². The summed E-state index contributed by atoms with van der Waals surface area (Å²) < 4.78 is 25.2. The first kappa shape index (κ1) is 18.0. The van der Waals surface area contributed by atoms with E-state index < -0.39 is 0 Å². The Morgan fingerprint density at radius 2 is 1.76 bits per heavy atom. The molecule has 3 nitrogen and oxygen atoms in total. The normalized spacial score (nSPS) is 17.2. The summed E-state index contributed by atoms with van der Waals surface area (Å²) in [7, 11) is 0. The van der Waals surface area contributed by atoms with Gasteiger partial charge in [0.25, 0.3) is 0 Å². The molecule has 0 atom stereocenters. The number of ether oxygens (including phenoxy) is 2. The topological polar surface area (TPSA) is 21.7 Å². The van der Waals surface area contributed by atoms with Crippen molar-refractivity contribution in [1.82, 2.24) is 4.90 Å². The highest BCUT2D eigenvalue weighted by molar-refractivity contribution is 6.30. The van der Waals surface area contributed by atoms with Gasteiger partial charge in [0.05, 0.1) is 0 Å². The van der Waals surface area contributed by atoms with Crippen molar-refractivity contribution in [2.75, 3.05) is 26.2 Å². The average molecular weight is 364 g/mol. The predicted molar refractivity (Wildman–Crippen MR) is 98.1 cm³/mol. The molecule has 1 heterocycles. The van der Waals surface area contributed by atoms with Gasteiger partial charge in [-0.25, -0.2) is 4.39 Å². The van der Waals surface area contributed by atoms with Crippen LogP contribution in [0.25, 0.3) is 0 Å². The van der Waals surface area contributed by atoms with E-state index in [-0.39, 0.29) is 11.4 Å². The molecule has 5 heteroatoms. The second-order valence-corrected chi connectivity index (χ2v) is 7.06. The molecule has 0 N–H and O–H groups in total. The van der Waals surface area contributed by atoms with Crippen molar-refractivity contribution in [2.45, 2.75) is 25.4 Å². The van der Waals surface area contributed by atoms with Crippen molar-refractivity contribution in [2.24, 2.45) is 0 Å². The highest BCUT2D eigenvalue weighted by atomic mass is 35.5. The fourth-order valence-electron chi connectivity index (χ4n) is 2.99. The molecule has 0 aromatic heterocycles. The van der Waals surface area contributed by atoms with E-state index >= 15 is 0 Å². The number of likely N-dealkylation sites (tertiary alicyclic amines) is 1. The van der Waals surface area contributed by atoms with Gasteiger partial charge < -0.3 is 9.47 Å². The average Bonchev–Trinajstić information content (AvgIpc) is 2.60.